The van der Waals surface area contributed by atoms with Crippen LogP contribution in [0.3, 0.4) is 0 Å². The van der Waals surface area contributed by atoms with Crippen molar-refractivity contribution < 1.29 is 14.3 Å². The molecule has 0 spiro atoms. The van der Waals surface area contributed by atoms with Crippen molar-refractivity contribution >= 4 is 28.9 Å². The van der Waals surface area contributed by atoms with E-state index in [1.54, 1.807) is 38.4 Å². The number of alkyl halides is 1. The zero-order valence-electron chi connectivity index (χ0n) is 18.4. The molecule has 3 aromatic heterocycles. The summed E-state index contributed by atoms with van der Waals surface area (Å²) in [5, 5.41) is 23.4. The monoisotopic (exact) mass is 455 g/mol. The fourth-order valence-corrected chi connectivity index (χ4v) is 4.31. The van der Waals surface area contributed by atoms with Gasteiger partial charge in [0.2, 0.25) is 0 Å². The van der Waals surface area contributed by atoms with Crippen LogP contribution in [0.4, 0.5) is 21.7 Å². The molecule has 3 aromatic rings. The van der Waals surface area contributed by atoms with Gasteiger partial charge in [0.1, 0.15) is 29.1 Å². The lowest BCUT2D eigenvalue weighted by molar-refractivity contribution is -0.0486. The minimum absolute atomic E-state index is 0.147. The molecule has 4 N–H and O–H groups in total. The number of nitrogens with zero attached hydrogens (tertiary/aromatic N) is 4. The van der Waals surface area contributed by atoms with Crippen molar-refractivity contribution in [3.05, 3.63) is 46.5 Å². The third-order valence-electron chi connectivity index (χ3n) is 6.65. The second-order valence-electron chi connectivity index (χ2n) is 8.97. The van der Waals surface area contributed by atoms with E-state index >= 15 is 0 Å². The van der Waals surface area contributed by atoms with Crippen molar-refractivity contribution in [2.45, 2.75) is 56.5 Å². The molecular formula is C22H26FN7O3. The number of hydrogen-bond donors (Lipinski definition) is 4. The minimum atomic E-state index is -0.926. The quantitative estimate of drug-likeness (QED) is 0.448. The van der Waals surface area contributed by atoms with Gasteiger partial charge < -0.3 is 25.6 Å². The molecule has 0 aromatic carbocycles. The molecule has 0 saturated heterocycles. The molecule has 1 amide bonds. The molecule has 2 fully saturated rings. The van der Waals surface area contributed by atoms with Gasteiger partial charge in [-0.15, -0.1) is 0 Å². The Labute approximate surface area is 188 Å². The molecule has 0 radical (unpaired) electrons. The Kier molecular flexibility index (Phi) is 5.08. The van der Waals surface area contributed by atoms with Crippen LogP contribution in [0.1, 0.15) is 49.0 Å². The fraction of sp³-hybridized carbons (Fsp3) is 0.455. The molecule has 1 unspecified atom stereocenters. The van der Waals surface area contributed by atoms with Crippen molar-refractivity contribution in [2.75, 3.05) is 17.7 Å². The van der Waals surface area contributed by atoms with E-state index in [-0.39, 0.29) is 29.1 Å². The van der Waals surface area contributed by atoms with Crippen LogP contribution in [0.15, 0.2) is 35.4 Å². The average molecular weight is 455 g/mol. The maximum Gasteiger partial charge on any atom is 0.274 e. The summed E-state index contributed by atoms with van der Waals surface area (Å²) in [6, 6.07) is 4.57. The van der Waals surface area contributed by atoms with Gasteiger partial charge in [-0.3, -0.25) is 9.59 Å². The largest absolute Gasteiger partial charge is 0.388 e. The lowest BCUT2D eigenvalue weighted by atomic mass is 9.76. The van der Waals surface area contributed by atoms with Crippen molar-refractivity contribution in [1.29, 1.82) is 0 Å². The average Bonchev–Trinajstić information content (AvgIpc) is 3.19. The third-order valence-corrected chi connectivity index (χ3v) is 6.65. The van der Waals surface area contributed by atoms with Crippen LogP contribution in [-0.4, -0.2) is 55.0 Å². The summed E-state index contributed by atoms with van der Waals surface area (Å²) in [4.78, 5) is 30.3. The number of anilines is 3. The maximum atomic E-state index is 13.3. The van der Waals surface area contributed by atoms with E-state index in [1.165, 1.54) is 15.3 Å². The highest BCUT2D eigenvalue weighted by atomic mass is 19.1. The zero-order valence-corrected chi connectivity index (χ0v) is 18.4. The zero-order chi connectivity index (χ0) is 23.3. The Balaban J connectivity index is 1.46. The highest BCUT2D eigenvalue weighted by molar-refractivity contribution is 6.00. The van der Waals surface area contributed by atoms with Crippen LogP contribution in [-0.2, 0) is 0 Å². The number of fused-ring (bicyclic) bond motifs is 1. The summed E-state index contributed by atoms with van der Waals surface area (Å²) in [6.45, 7) is 1.70. The van der Waals surface area contributed by atoms with Crippen LogP contribution in [0.25, 0.3) is 5.65 Å². The van der Waals surface area contributed by atoms with Gasteiger partial charge in [-0.25, -0.2) is 9.37 Å². The Hall–Kier alpha value is -3.47. The second-order valence-corrected chi connectivity index (χ2v) is 8.97. The first-order valence-corrected chi connectivity index (χ1v) is 11.0. The molecule has 3 heterocycles. The molecule has 33 heavy (non-hydrogen) atoms. The van der Waals surface area contributed by atoms with E-state index in [4.69, 9.17) is 0 Å². The molecule has 2 aliphatic carbocycles. The number of aliphatic hydroxyl groups is 1. The summed E-state index contributed by atoms with van der Waals surface area (Å²) in [6.07, 6.45) is 4.22. The molecular weight excluding hydrogens is 429 g/mol. The number of aromatic nitrogens is 4. The Morgan fingerprint density at radius 1 is 1.36 bits per heavy atom. The fourth-order valence-electron chi connectivity index (χ4n) is 4.31. The summed E-state index contributed by atoms with van der Waals surface area (Å²) in [7, 11) is 1.71. The molecule has 0 bridgehead atoms. The first-order chi connectivity index (χ1) is 15.8. The van der Waals surface area contributed by atoms with Gasteiger partial charge in [-0.2, -0.15) is 9.61 Å². The normalized spacial score (nSPS) is 26.4. The van der Waals surface area contributed by atoms with Crippen molar-refractivity contribution in [3.63, 3.8) is 0 Å². The van der Waals surface area contributed by atoms with Gasteiger partial charge in [0, 0.05) is 25.4 Å². The molecule has 11 heteroatoms. The number of hydrogen-bond acceptors (Lipinski definition) is 7. The van der Waals surface area contributed by atoms with E-state index in [0.717, 1.165) is 0 Å². The summed E-state index contributed by atoms with van der Waals surface area (Å²) < 4.78 is 16.3. The number of nitrogens with one attached hydrogen (secondary N) is 3. The maximum absolute atomic E-state index is 13.3. The van der Waals surface area contributed by atoms with Crippen LogP contribution in [0.2, 0.25) is 0 Å². The number of carbonyl (C=O) groups excluding carboxylic acids is 1. The topological polar surface area (TPSA) is 126 Å². The van der Waals surface area contributed by atoms with E-state index in [9.17, 15) is 19.1 Å². The van der Waals surface area contributed by atoms with E-state index in [2.05, 4.69) is 26.0 Å². The highest BCUT2D eigenvalue weighted by Gasteiger charge is 2.42. The smallest absolute Gasteiger partial charge is 0.274 e. The first kappa shape index (κ1) is 21.4. The van der Waals surface area contributed by atoms with Crippen LogP contribution in [0.5, 0.6) is 0 Å². The first-order valence-electron chi connectivity index (χ1n) is 11.0. The number of amides is 1. The number of pyridine rings is 1. The van der Waals surface area contributed by atoms with Gasteiger partial charge >= 0.3 is 0 Å². The van der Waals surface area contributed by atoms with Crippen molar-refractivity contribution in [2.24, 2.45) is 0 Å². The van der Waals surface area contributed by atoms with Gasteiger partial charge in [0.15, 0.2) is 5.65 Å². The minimum Gasteiger partial charge on any atom is -0.388 e. The van der Waals surface area contributed by atoms with Gasteiger partial charge in [0.05, 0.1) is 17.8 Å². The van der Waals surface area contributed by atoms with Crippen LogP contribution in [0, 0.1) is 0 Å². The van der Waals surface area contributed by atoms with E-state index in [1.807, 2.05) is 0 Å². The number of carbonyl (C=O) groups is 1. The number of halogens is 1. The molecule has 2 aliphatic rings. The summed E-state index contributed by atoms with van der Waals surface area (Å²) in [5.74, 6) is 0.533. The second kappa shape index (κ2) is 7.84. The van der Waals surface area contributed by atoms with Crippen molar-refractivity contribution in [1.82, 2.24) is 24.5 Å². The predicted octanol–water partition coefficient (Wildman–Crippen LogP) is 1.99. The Morgan fingerprint density at radius 2 is 2.15 bits per heavy atom. The third kappa shape index (κ3) is 3.71. The van der Waals surface area contributed by atoms with Crippen LogP contribution < -0.4 is 21.5 Å². The SMILES string of the molecule is CNc1cc(Nc2cccn(C3CC(F)C3)c2=O)nc2c(C(=O)NC3CC[C@]3(C)O)cnn12. The lowest BCUT2D eigenvalue weighted by Gasteiger charge is -2.42. The van der Waals surface area contributed by atoms with Gasteiger partial charge in [-0.1, -0.05) is 0 Å². The van der Waals surface area contributed by atoms with E-state index < -0.39 is 11.8 Å². The highest BCUT2D eigenvalue weighted by Crippen LogP contribution is 2.34. The van der Waals surface area contributed by atoms with Crippen molar-refractivity contribution in [3.8, 4) is 0 Å². The molecule has 0 aliphatic heterocycles. The standard InChI is InChI=1S/C22H26FN7O3/c1-22(33)6-5-16(22)27-20(31)14-11-25-30-18(24-2)10-17(28-19(14)30)26-15-4-3-7-29(21(15)32)13-8-12(23)9-13/h3-4,7,10-13,16,24,33H,5-6,8-9H2,1-2H3,(H,26,28)(H,27,31)/t12?,13?,16?,22-/m0/s1. The Bertz CT molecular complexity index is 1280. The van der Waals surface area contributed by atoms with Gasteiger partial charge in [0.25, 0.3) is 11.5 Å². The van der Waals surface area contributed by atoms with Gasteiger partial charge in [-0.05, 0) is 44.7 Å². The molecule has 2 saturated carbocycles. The molecule has 10 nitrogen and oxygen atoms in total. The summed E-state index contributed by atoms with van der Waals surface area (Å²) >= 11 is 0. The Morgan fingerprint density at radius 3 is 2.79 bits per heavy atom. The van der Waals surface area contributed by atoms with E-state index in [0.29, 0.717) is 48.7 Å². The molecule has 174 valence electrons. The summed E-state index contributed by atoms with van der Waals surface area (Å²) in [5.41, 5.74) is -0.330. The number of rotatable bonds is 6. The molecule has 5 rings (SSSR count). The van der Waals surface area contributed by atoms with Crippen LogP contribution >= 0.6 is 0 Å². The molecule has 2 atom stereocenters. The predicted molar refractivity (Wildman–Crippen MR) is 121 cm³/mol. The lowest BCUT2D eigenvalue weighted by Crippen LogP contribution is -2.58.